The highest BCUT2D eigenvalue weighted by Crippen LogP contribution is 2.22. The first-order valence-electron chi connectivity index (χ1n) is 7.48. The second kappa shape index (κ2) is 8.24. The SMILES string of the molecule is Cc1ccc(S(=O)(=O)N(C)C)cc1NC(=S)NN=Cc1ccc([N+](=O)[O-])o1. The zero-order valence-electron chi connectivity index (χ0n) is 14.7. The Balaban J connectivity index is 2.06. The Morgan fingerprint density at radius 3 is 2.63 bits per heavy atom. The molecule has 0 radical (unpaired) electrons. The molecule has 0 atom stereocenters. The minimum absolute atomic E-state index is 0.106. The molecule has 0 spiro atoms. The summed E-state index contributed by atoms with van der Waals surface area (Å²) in [7, 11) is -0.684. The van der Waals surface area contributed by atoms with Crippen molar-refractivity contribution in [3.05, 3.63) is 51.8 Å². The topological polar surface area (TPSA) is 130 Å². The summed E-state index contributed by atoms with van der Waals surface area (Å²) in [5.74, 6) is -0.223. The number of aryl methyl sites for hydroxylation is 1. The minimum atomic E-state index is -3.58. The molecule has 27 heavy (non-hydrogen) atoms. The van der Waals surface area contributed by atoms with E-state index in [-0.39, 0.29) is 15.8 Å². The maximum atomic E-state index is 12.2. The van der Waals surface area contributed by atoms with E-state index in [1.165, 1.54) is 44.6 Å². The molecule has 1 aromatic carbocycles. The molecule has 2 N–H and O–H groups in total. The third-order valence-electron chi connectivity index (χ3n) is 3.39. The summed E-state index contributed by atoms with van der Waals surface area (Å²) in [6.07, 6.45) is 1.22. The number of anilines is 1. The zero-order chi connectivity index (χ0) is 20.2. The van der Waals surface area contributed by atoms with Gasteiger partial charge in [-0.3, -0.25) is 15.5 Å². The fraction of sp³-hybridized carbons (Fsp3) is 0.200. The van der Waals surface area contributed by atoms with Crippen molar-refractivity contribution in [3.63, 3.8) is 0 Å². The predicted octanol–water partition coefficient (Wildman–Crippen LogP) is 2.07. The van der Waals surface area contributed by atoms with Crippen molar-refractivity contribution in [1.82, 2.24) is 9.73 Å². The van der Waals surface area contributed by atoms with E-state index >= 15 is 0 Å². The lowest BCUT2D eigenvalue weighted by atomic mass is 10.2. The van der Waals surface area contributed by atoms with Gasteiger partial charge in [0.2, 0.25) is 10.0 Å². The number of sulfonamides is 1. The van der Waals surface area contributed by atoms with Gasteiger partial charge in [0.05, 0.1) is 17.2 Å². The van der Waals surface area contributed by atoms with Crippen LogP contribution in [0.5, 0.6) is 0 Å². The van der Waals surface area contributed by atoms with Crippen LogP contribution in [0.15, 0.2) is 44.7 Å². The van der Waals surface area contributed by atoms with Crippen LogP contribution in [0.4, 0.5) is 11.6 Å². The fourth-order valence-corrected chi connectivity index (χ4v) is 3.01. The zero-order valence-corrected chi connectivity index (χ0v) is 16.3. The Hall–Kier alpha value is -2.83. The first-order chi connectivity index (χ1) is 12.6. The summed E-state index contributed by atoms with van der Waals surface area (Å²) in [5, 5.41) is 17.3. The van der Waals surface area contributed by atoms with Crippen molar-refractivity contribution in [2.24, 2.45) is 5.10 Å². The summed E-state index contributed by atoms with van der Waals surface area (Å²) in [6, 6.07) is 7.23. The van der Waals surface area contributed by atoms with E-state index < -0.39 is 20.8 Å². The van der Waals surface area contributed by atoms with Crippen LogP contribution in [0.2, 0.25) is 0 Å². The highest BCUT2D eigenvalue weighted by molar-refractivity contribution is 7.89. The maximum absolute atomic E-state index is 12.2. The number of thiocarbonyl (C=S) groups is 1. The van der Waals surface area contributed by atoms with Gasteiger partial charge in [-0.05, 0) is 42.9 Å². The van der Waals surface area contributed by atoms with E-state index in [9.17, 15) is 18.5 Å². The van der Waals surface area contributed by atoms with E-state index in [0.717, 1.165) is 9.87 Å². The summed E-state index contributed by atoms with van der Waals surface area (Å²) in [6.45, 7) is 1.79. The van der Waals surface area contributed by atoms with Crippen LogP contribution in [0.25, 0.3) is 0 Å². The molecule has 1 aromatic heterocycles. The number of benzene rings is 1. The monoisotopic (exact) mass is 411 g/mol. The summed E-state index contributed by atoms with van der Waals surface area (Å²) in [5.41, 5.74) is 3.81. The van der Waals surface area contributed by atoms with Crippen LogP contribution < -0.4 is 10.7 Å². The van der Waals surface area contributed by atoms with Crippen molar-refractivity contribution >= 4 is 45.1 Å². The average molecular weight is 411 g/mol. The molecule has 0 saturated heterocycles. The van der Waals surface area contributed by atoms with Gasteiger partial charge in [0, 0.05) is 19.8 Å². The largest absolute Gasteiger partial charge is 0.433 e. The van der Waals surface area contributed by atoms with Crippen molar-refractivity contribution in [2.75, 3.05) is 19.4 Å². The molecular formula is C15H17N5O5S2. The lowest BCUT2D eigenvalue weighted by Gasteiger charge is -2.15. The van der Waals surface area contributed by atoms with Gasteiger partial charge in [-0.1, -0.05) is 6.07 Å². The second-order valence-corrected chi connectivity index (χ2v) is 8.08. The Labute approximate surface area is 161 Å². The molecule has 0 amide bonds. The van der Waals surface area contributed by atoms with Crippen LogP contribution in [0.1, 0.15) is 11.3 Å². The molecule has 1 heterocycles. The quantitative estimate of drug-likeness (QED) is 0.320. The Morgan fingerprint density at radius 1 is 1.33 bits per heavy atom. The molecular weight excluding hydrogens is 394 g/mol. The average Bonchev–Trinajstić information content (AvgIpc) is 3.05. The van der Waals surface area contributed by atoms with E-state index in [4.69, 9.17) is 16.6 Å². The first kappa shape index (κ1) is 20.5. The van der Waals surface area contributed by atoms with Crippen LogP contribution in [0.3, 0.4) is 0 Å². The normalized spacial score (nSPS) is 11.7. The molecule has 12 heteroatoms. The molecule has 0 aliphatic carbocycles. The Kier molecular flexibility index (Phi) is 6.25. The van der Waals surface area contributed by atoms with Gasteiger partial charge >= 0.3 is 5.88 Å². The third-order valence-corrected chi connectivity index (χ3v) is 5.39. The smallest absolute Gasteiger partial charge is 0.400 e. The summed E-state index contributed by atoms with van der Waals surface area (Å²) in [4.78, 5) is 10.0. The molecule has 0 aliphatic rings. The predicted molar refractivity (Wildman–Crippen MR) is 104 cm³/mol. The number of hydrogen-bond donors (Lipinski definition) is 2. The van der Waals surface area contributed by atoms with Crippen LogP contribution in [0, 0.1) is 17.0 Å². The van der Waals surface area contributed by atoms with E-state index in [2.05, 4.69) is 15.8 Å². The molecule has 144 valence electrons. The molecule has 2 rings (SSSR count). The van der Waals surface area contributed by atoms with Gasteiger partial charge < -0.3 is 9.73 Å². The first-order valence-corrected chi connectivity index (χ1v) is 9.33. The van der Waals surface area contributed by atoms with Gasteiger partial charge in [-0.2, -0.15) is 5.10 Å². The van der Waals surface area contributed by atoms with Crippen LogP contribution in [-0.2, 0) is 10.0 Å². The number of nitrogens with one attached hydrogen (secondary N) is 2. The van der Waals surface area contributed by atoms with E-state index in [0.29, 0.717) is 5.69 Å². The molecule has 0 unspecified atom stereocenters. The van der Waals surface area contributed by atoms with Gasteiger partial charge in [-0.25, -0.2) is 12.7 Å². The summed E-state index contributed by atoms with van der Waals surface area (Å²) < 4.78 is 30.5. The van der Waals surface area contributed by atoms with E-state index in [1.807, 2.05) is 0 Å². The van der Waals surface area contributed by atoms with Gasteiger partial charge in [-0.15, -0.1) is 0 Å². The molecule has 10 nitrogen and oxygen atoms in total. The number of hydrazone groups is 1. The Bertz CT molecular complexity index is 998. The van der Waals surface area contributed by atoms with E-state index in [1.54, 1.807) is 13.0 Å². The molecule has 0 fully saturated rings. The second-order valence-electron chi connectivity index (χ2n) is 5.52. The maximum Gasteiger partial charge on any atom is 0.433 e. The van der Waals surface area contributed by atoms with Crippen molar-refractivity contribution in [1.29, 1.82) is 0 Å². The number of furan rings is 1. The van der Waals surface area contributed by atoms with Gasteiger partial charge in [0.1, 0.15) is 4.92 Å². The highest BCUT2D eigenvalue weighted by Gasteiger charge is 2.18. The van der Waals surface area contributed by atoms with Gasteiger partial charge in [0.25, 0.3) is 0 Å². The highest BCUT2D eigenvalue weighted by atomic mass is 32.2. The molecule has 2 aromatic rings. The third kappa shape index (κ3) is 5.09. The fourth-order valence-electron chi connectivity index (χ4n) is 1.92. The number of nitro groups is 1. The lowest BCUT2D eigenvalue weighted by molar-refractivity contribution is -0.402. The number of rotatable bonds is 6. The van der Waals surface area contributed by atoms with Crippen LogP contribution in [-0.4, -0.2) is 43.1 Å². The van der Waals surface area contributed by atoms with Crippen molar-refractivity contribution < 1.29 is 17.8 Å². The minimum Gasteiger partial charge on any atom is -0.400 e. The summed E-state index contributed by atoms with van der Waals surface area (Å²) >= 11 is 5.11. The Morgan fingerprint density at radius 2 is 2.04 bits per heavy atom. The van der Waals surface area contributed by atoms with Gasteiger partial charge in [0.15, 0.2) is 10.9 Å². The van der Waals surface area contributed by atoms with Crippen molar-refractivity contribution in [3.8, 4) is 0 Å². The standard InChI is InChI=1S/C15H17N5O5S2/c1-10-4-6-12(27(23,24)19(2)3)8-13(10)17-15(26)18-16-9-11-5-7-14(25-11)20(21)22/h4-9H,1-3H3,(H2,17,18,26). The molecule has 0 saturated carbocycles. The number of hydrogen-bond acceptors (Lipinski definition) is 7. The lowest BCUT2D eigenvalue weighted by Crippen LogP contribution is -2.25. The van der Waals surface area contributed by atoms with Crippen molar-refractivity contribution in [2.45, 2.75) is 11.8 Å². The number of nitrogens with zero attached hydrogens (tertiary/aromatic N) is 3. The van der Waals surface area contributed by atoms with Crippen LogP contribution >= 0.6 is 12.2 Å². The molecule has 0 bridgehead atoms. The molecule has 0 aliphatic heterocycles.